The standard InChI is InChI=1S/C30H30O10S2/c1-16(30(35)36)9-20(32)28-13-18-11-23(22(38-3)14-25(18)42-28)39-7-4-8-40-24-15-26-17(10-21(24)37-2)12-27(41-26)19(31)5-6-29(33)34/h10-16H,4-9H2,1-3H3,(H,33,34)(H,35,36)/t16-/m0/s1. The lowest BCUT2D eigenvalue weighted by atomic mass is 10.0. The zero-order valence-electron chi connectivity index (χ0n) is 23.3. The summed E-state index contributed by atoms with van der Waals surface area (Å²) in [7, 11) is 3.06. The van der Waals surface area contributed by atoms with Crippen LogP contribution >= 0.6 is 22.7 Å². The van der Waals surface area contributed by atoms with Gasteiger partial charge in [0.1, 0.15) is 0 Å². The Labute approximate surface area is 249 Å². The number of rotatable bonds is 16. The van der Waals surface area contributed by atoms with Gasteiger partial charge in [0.25, 0.3) is 0 Å². The van der Waals surface area contributed by atoms with E-state index in [-0.39, 0.29) is 30.8 Å². The Bertz CT molecular complexity index is 1630. The highest BCUT2D eigenvalue weighted by Crippen LogP contribution is 2.38. The maximum Gasteiger partial charge on any atom is 0.306 e. The van der Waals surface area contributed by atoms with Crippen molar-refractivity contribution < 1.29 is 48.3 Å². The average Bonchev–Trinajstić information content (AvgIpc) is 3.58. The van der Waals surface area contributed by atoms with Crippen molar-refractivity contribution in [2.24, 2.45) is 5.92 Å². The van der Waals surface area contributed by atoms with Gasteiger partial charge < -0.3 is 29.2 Å². The molecule has 0 radical (unpaired) electrons. The summed E-state index contributed by atoms with van der Waals surface area (Å²) in [6.45, 7) is 2.15. The second-order valence-corrected chi connectivity index (χ2v) is 11.7. The number of aliphatic carboxylic acids is 2. The first-order valence-electron chi connectivity index (χ1n) is 13.1. The molecule has 0 aliphatic carbocycles. The van der Waals surface area contributed by atoms with Gasteiger partial charge in [-0.15, -0.1) is 22.7 Å². The molecule has 2 N–H and O–H groups in total. The SMILES string of the molecule is COc1cc2sc(C(=O)C[C@H](C)C(=O)O)cc2cc1OCCCOc1cc2sc(C(=O)CCC(=O)O)cc2cc1OC. The van der Waals surface area contributed by atoms with Gasteiger partial charge in [0.05, 0.1) is 49.5 Å². The van der Waals surface area contributed by atoms with Gasteiger partial charge >= 0.3 is 11.9 Å². The smallest absolute Gasteiger partial charge is 0.306 e. The molecule has 0 amide bonds. The topological polar surface area (TPSA) is 146 Å². The van der Waals surface area contributed by atoms with E-state index in [1.54, 1.807) is 36.4 Å². The summed E-state index contributed by atoms with van der Waals surface area (Å²) < 4.78 is 24.5. The number of benzene rings is 2. The third-order valence-electron chi connectivity index (χ3n) is 6.44. The van der Waals surface area contributed by atoms with Crippen LogP contribution in [0.4, 0.5) is 0 Å². The predicted octanol–water partition coefficient (Wildman–Crippen LogP) is 6.32. The number of fused-ring (bicyclic) bond motifs is 2. The van der Waals surface area contributed by atoms with E-state index in [1.807, 2.05) is 0 Å². The third-order valence-corrected chi connectivity index (χ3v) is 8.72. The quantitative estimate of drug-likeness (QED) is 0.109. The molecule has 0 aliphatic rings. The summed E-state index contributed by atoms with van der Waals surface area (Å²) in [4.78, 5) is 47.8. The van der Waals surface area contributed by atoms with E-state index in [4.69, 9.17) is 29.2 Å². The van der Waals surface area contributed by atoms with E-state index < -0.39 is 17.9 Å². The van der Waals surface area contributed by atoms with Crippen molar-refractivity contribution in [3.63, 3.8) is 0 Å². The van der Waals surface area contributed by atoms with Gasteiger partial charge in [0, 0.05) is 40.8 Å². The predicted molar refractivity (Wildman–Crippen MR) is 159 cm³/mol. The average molecular weight is 615 g/mol. The van der Waals surface area contributed by atoms with Crippen LogP contribution in [0.15, 0.2) is 36.4 Å². The van der Waals surface area contributed by atoms with Crippen LogP contribution in [0.5, 0.6) is 23.0 Å². The van der Waals surface area contributed by atoms with Gasteiger partial charge in [-0.1, -0.05) is 6.92 Å². The van der Waals surface area contributed by atoms with Crippen LogP contribution in [0, 0.1) is 5.92 Å². The molecular formula is C30H30O10S2. The Morgan fingerprint density at radius 1 is 0.714 bits per heavy atom. The molecule has 4 aromatic rings. The summed E-state index contributed by atoms with van der Waals surface area (Å²) in [5, 5.41) is 19.6. The molecule has 0 fully saturated rings. The zero-order chi connectivity index (χ0) is 30.4. The largest absolute Gasteiger partial charge is 0.493 e. The Balaban J connectivity index is 1.37. The van der Waals surface area contributed by atoms with Crippen molar-refractivity contribution in [2.75, 3.05) is 27.4 Å². The van der Waals surface area contributed by atoms with E-state index in [9.17, 15) is 19.2 Å². The molecule has 0 aliphatic heterocycles. The summed E-state index contributed by atoms with van der Waals surface area (Å²) in [6, 6.07) is 10.7. The number of methoxy groups -OCH3 is 2. The third kappa shape index (κ3) is 7.37. The van der Waals surface area contributed by atoms with Crippen molar-refractivity contribution >= 4 is 66.4 Å². The van der Waals surface area contributed by atoms with Gasteiger partial charge in [-0.3, -0.25) is 19.2 Å². The Morgan fingerprint density at radius 3 is 1.76 bits per heavy atom. The first-order chi connectivity index (χ1) is 20.1. The molecule has 0 unspecified atom stereocenters. The molecule has 2 heterocycles. The lowest BCUT2D eigenvalue weighted by Gasteiger charge is -2.13. The zero-order valence-corrected chi connectivity index (χ0v) is 24.9. The summed E-state index contributed by atoms with van der Waals surface area (Å²) in [6.07, 6.45) is 0.192. The number of Topliss-reactive ketones (excluding diaryl/α,β-unsaturated/α-hetero) is 2. The Hall–Kier alpha value is -4.16. The normalized spacial score (nSPS) is 11.8. The molecule has 1 atom stereocenters. The molecule has 222 valence electrons. The minimum atomic E-state index is -1.01. The van der Waals surface area contributed by atoms with Gasteiger partial charge in [-0.2, -0.15) is 0 Å². The van der Waals surface area contributed by atoms with Crippen molar-refractivity contribution in [1.82, 2.24) is 0 Å². The molecule has 4 rings (SSSR count). The van der Waals surface area contributed by atoms with Crippen LogP contribution in [-0.4, -0.2) is 61.2 Å². The summed E-state index contributed by atoms with van der Waals surface area (Å²) in [5.41, 5.74) is 0. The van der Waals surface area contributed by atoms with Crippen molar-refractivity contribution in [2.45, 2.75) is 32.6 Å². The number of hydrogen-bond acceptors (Lipinski definition) is 10. The molecular weight excluding hydrogens is 584 g/mol. The number of carboxylic acids is 2. The van der Waals surface area contributed by atoms with Crippen LogP contribution in [-0.2, 0) is 9.59 Å². The fourth-order valence-electron chi connectivity index (χ4n) is 4.15. The summed E-state index contributed by atoms with van der Waals surface area (Å²) in [5.74, 6) is -1.16. The van der Waals surface area contributed by atoms with Crippen LogP contribution < -0.4 is 18.9 Å². The fraction of sp³-hybridized carbons (Fsp3) is 0.333. The number of thiophene rings is 2. The van der Waals surface area contributed by atoms with Gasteiger partial charge in [-0.05, 0) is 35.0 Å². The maximum atomic E-state index is 12.6. The van der Waals surface area contributed by atoms with Crippen LogP contribution in [0.25, 0.3) is 20.2 Å². The number of carbonyl (C=O) groups excluding carboxylic acids is 2. The number of ether oxygens (including phenoxy) is 4. The molecule has 42 heavy (non-hydrogen) atoms. The molecule has 12 heteroatoms. The van der Waals surface area contributed by atoms with Crippen LogP contribution in [0.1, 0.15) is 52.0 Å². The van der Waals surface area contributed by atoms with Crippen molar-refractivity contribution in [1.29, 1.82) is 0 Å². The first-order valence-corrected chi connectivity index (χ1v) is 14.7. The highest BCUT2D eigenvalue weighted by atomic mass is 32.1. The van der Waals surface area contributed by atoms with E-state index >= 15 is 0 Å². The Kier molecular flexibility index (Phi) is 10.0. The number of carbonyl (C=O) groups is 4. The first kappa shape index (κ1) is 30.8. The lowest BCUT2D eigenvalue weighted by molar-refractivity contribution is -0.141. The number of ketones is 2. The molecule has 0 saturated heterocycles. The van der Waals surface area contributed by atoms with Crippen molar-refractivity contribution in [3.8, 4) is 23.0 Å². The van der Waals surface area contributed by atoms with Gasteiger partial charge in [-0.25, -0.2) is 0 Å². The second-order valence-electron chi connectivity index (χ2n) is 9.54. The van der Waals surface area contributed by atoms with Crippen molar-refractivity contribution in [3.05, 3.63) is 46.2 Å². The molecule has 10 nitrogen and oxygen atoms in total. The minimum absolute atomic E-state index is 0.0574. The molecule has 0 saturated carbocycles. The van der Waals surface area contributed by atoms with E-state index in [2.05, 4.69) is 0 Å². The lowest BCUT2D eigenvalue weighted by Crippen LogP contribution is -2.13. The van der Waals surface area contributed by atoms with E-state index in [0.717, 1.165) is 20.2 Å². The molecule has 0 bridgehead atoms. The van der Waals surface area contributed by atoms with Gasteiger partial charge in [0.15, 0.2) is 34.6 Å². The van der Waals surface area contributed by atoms with Crippen LogP contribution in [0.3, 0.4) is 0 Å². The van der Waals surface area contributed by atoms with E-state index in [0.29, 0.717) is 52.4 Å². The molecule has 0 spiro atoms. The number of hydrogen-bond donors (Lipinski definition) is 2. The van der Waals surface area contributed by atoms with Crippen LogP contribution in [0.2, 0.25) is 0 Å². The summed E-state index contributed by atoms with van der Waals surface area (Å²) >= 11 is 2.57. The van der Waals surface area contributed by atoms with E-state index in [1.165, 1.54) is 43.8 Å². The maximum absolute atomic E-state index is 12.6. The highest BCUT2D eigenvalue weighted by molar-refractivity contribution is 7.21. The molecule has 2 aromatic heterocycles. The van der Waals surface area contributed by atoms with Gasteiger partial charge in [0.2, 0.25) is 0 Å². The second kappa shape index (κ2) is 13.7. The fourth-order valence-corrected chi connectivity index (χ4v) is 6.21. The highest BCUT2D eigenvalue weighted by Gasteiger charge is 2.20. The molecule has 2 aromatic carbocycles. The number of carboxylic acid groups (broad SMARTS) is 2. The minimum Gasteiger partial charge on any atom is -0.493 e. The monoisotopic (exact) mass is 614 g/mol. The Morgan fingerprint density at radius 2 is 1.21 bits per heavy atom.